The van der Waals surface area contributed by atoms with Crippen molar-refractivity contribution in [1.82, 2.24) is 14.3 Å². The number of fused-ring (bicyclic) bond motifs is 1. The second-order valence-corrected chi connectivity index (χ2v) is 10.4. The number of carbonyl (C=O) groups excluding carboxylic acids is 2. The lowest BCUT2D eigenvalue weighted by Crippen LogP contribution is -2.32. The lowest BCUT2D eigenvalue weighted by molar-refractivity contribution is -0.105. The van der Waals surface area contributed by atoms with Gasteiger partial charge in [0, 0.05) is 24.2 Å². The zero-order valence-electron chi connectivity index (χ0n) is 20.6. The van der Waals surface area contributed by atoms with Gasteiger partial charge >= 0.3 is 6.09 Å². The summed E-state index contributed by atoms with van der Waals surface area (Å²) in [7, 11) is -3.73. The first-order valence-electron chi connectivity index (χ1n) is 11.8. The highest BCUT2D eigenvalue weighted by Gasteiger charge is 2.15. The molecule has 2 N–H and O–H groups in total. The fourth-order valence-electron chi connectivity index (χ4n) is 4.08. The molecule has 0 radical (unpaired) electrons. The maximum atomic E-state index is 12.0. The first kappa shape index (κ1) is 25.9. The fourth-order valence-corrected chi connectivity index (χ4v) is 4.42. The average molecular weight is 521 g/mol. The first-order valence-corrected chi connectivity index (χ1v) is 13.7. The highest BCUT2D eigenvalue weighted by Crippen LogP contribution is 2.31. The van der Waals surface area contributed by atoms with Gasteiger partial charge in [0.1, 0.15) is 11.6 Å². The van der Waals surface area contributed by atoms with Crippen molar-refractivity contribution in [2.24, 2.45) is 0 Å². The van der Waals surface area contributed by atoms with Crippen molar-refractivity contribution in [3.8, 4) is 16.9 Å². The molecule has 0 aliphatic heterocycles. The number of rotatable bonds is 10. The lowest BCUT2D eigenvalue weighted by atomic mass is 10.0. The monoisotopic (exact) mass is 520 g/mol. The van der Waals surface area contributed by atoms with Crippen molar-refractivity contribution in [3.63, 3.8) is 0 Å². The van der Waals surface area contributed by atoms with E-state index in [1.54, 1.807) is 22.9 Å². The van der Waals surface area contributed by atoms with E-state index in [0.717, 1.165) is 53.5 Å². The van der Waals surface area contributed by atoms with E-state index in [9.17, 15) is 18.0 Å². The number of aromatic nitrogens is 2. The number of para-hydroxylation sites is 1. The number of hydrogen-bond donors (Lipinski definition) is 2. The van der Waals surface area contributed by atoms with Crippen LogP contribution in [-0.4, -0.2) is 36.7 Å². The topological polar surface area (TPSA) is 119 Å². The molecule has 1 heterocycles. The zero-order chi connectivity index (χ0) is 26.4. The van der Waals surface area contributed by atoms with Gasteiger partial charge in [-0.1, -0.05) is 55.8 Å². The molecule has 0 aliphatic rings. The second kappa shape index (κ2) is 11.3. The fraction of sp³-hybridized carbons (Fsp3) is 0.222. The molecule has 0 bridgehead atoms. The minimum Gasteiger partial charge on any atom is -0.409 e. The van der Waals surface area contributed by atoms with Crippen LogP contribution in [-0.2, 0) is 27.8 Å². The zero-order valence-corrected chi connectivity index (χ0v) is 21.4. The van der Waals surface area contributed by atoms with E-state index in [4.69, 9.17) is 9.72 Å². The Labute approximate surface area is 215 Å². The molecule has 4 rings (SSSR count). The summed E-state index contributed by atoms with van der Waals surface area (Å²) in [5, 5.41) is 2.68. The number of nitrogens with zero attached hydrogens (tertiary/aromatic N) is 2. The Kier molecular flexibility index (Phi) is 7.88. The molecule has 9 nitrogen and oxygen atoms in total. The predicted molar refractivity (Wildman–Crippen MR) is 143 cm³/mol. The molecule has 0 unspecified atom stereocenters. The van der Waals surface area contributed by atoms with Gasteiger partial charge in [-0.3, -0.25) is 4.79 Å². The minimum atomic E-state index is -3.73. The number of benzene rings is 3. The summed E-state index contributed by atoms with van der Waals surface area (Å²) in [5.74, 6) is 1.23. The molecule has 4 aromatic rings. The molecular formula is C27H28N4O5S. The molecule has 192 valence electrons. The number of carbonyl (C=O) groups is 2. The van der Waals surface area contributed by atoms with Crippen LogP contribution >= 0.6 is 0 Å². The minimum absolute atomic E-state index is 0.249. The molecule has 0 spiro atoms. The Morgan fingerprint density at radius 2 is 1.84 bits per heavy atom. The Bertz CT molecular complexity index is 1530. The number of aryl methyl sites for hydroxylation is 1. The predicted octanol–water partition coefficient (Wildman–Crippen LogP) is 4.71. The second-order valence-electron chi connectivity index (χ2n) is 8.64. The van der Waals surface area contributed by atoms with E-state index in [1.165, 1.54) is 0 Å². The van der Waals surface area contributed by atoms with Gasteiger partial charge in [-0.25, -0.2) is 22.9 Å². The maximum Gasteiger partial charge on any atom is 0.426 e. The molecule has 0 saturated carbocycles. The van der Waals surface area contributed by atoms with Gasteiger partial charge in [-0.2, -0.15) is 0 Å². The number of anilines is 1. The lowest BCUT2D eigenvalue weighted by Gasteiger charge is -2.12. The first-order chi connectivity index (χ1) is 17.8. The molecule has 0 saturated heterocycles. The number of sulfonamides is 1. The van der Waals surface area contributed by atoms with E-state index in [2.05, 4.69) is 16.8 Å². The summed E-state index contributed by atoms with van der Waals surface area (Å²) in [4.78, 5) is 27.6. The number of hydrogen-bond acceptors (Lipinski definition) is 6. The van der Waals surface area contributed by atoms with Crippen molar-refractivity contribution in [2.75, 3.05) is 11.6 Å². The van der Waals surface area contributed by atoms with Gasteiger partial charge in [-0.05, 0) is 41.8 Å². The largest absolute Gasteiger partial charge is 0.426 e. The number of nitrogens with one attached hydrogen (secondary N) is 2. The molecular weight excluding hydrogens is 492 g/mol. The van der Waals surface area contributed by atoms with E-state index in [1.807, 2.05) is 48.5 Å². The van der Waals surface area contributed by atoms with Crippen LogP contribution in [0.5, 0.6) is 5.75 Å². The Morgan fingerprint density at radius 3 is 2.54 bits per heavy atom. The summed E-state index contributed by atoms with van der Waals surface area (Å²) in [5.41, 5.74) is 5.05. The van der Waals surface area contributed by atoms with Gasteiger partial charge in [0.25, 0.3) is 0 Å². The normalized spacial score (nSPS) is 11.3. The third kappa shape index (κ3) is 6.53. The van der Waals surface area contributed by atoms with Gasteiger partial charge in [0.15, 0.2) is 0 Å². The molecule has 2 amide bonds. The van der Waals surface area contributed by atoms with Gasteiger partial charge in [0.05, 0.1) is 17.3 Å². The molecule has 0 aliphatic carbocycles. The van der Waals surface area contributed by atoms with Crippen LogP contribution in [0, 0.1) is 0 Å². The third-order valence-electron chi connectivity index (χ3n) is 5.77. The van der Waals surface area contributed by atoms with Crippen molar-refractivity contribution in [3.05, 3.63) is 78.1 Å². The Balaban J connectivity index is 1.60. The van der Waals surface area contributed by atoms with Crippen LogP contribution < -0.4 is 14.8 Å². The van der Waals surface area contributed by atoms with Crippen molar-refractivity contribution in [1.29, 1.82) is 0 Å². The number of imidazole rings is 1. The van der Waals surface area contributed by atoms with Crippen LogP contribution in [0.15, 0.2) is 66.7 Å². The maximum absolute atomic E-state index is 12.0. The third-order valence-corrected chi connectivity index (χ3v) is 6.31. The van der Waals surface area contributed by atoms with Gasteiger partial charge < -0.3 is 14.6 Å². The van der Waals surface area contributed by atoms with Crippen LogP contribution in [0.4, 0.5) is 10.5 Å². The molecule has 0 fully saturated rings. The van der Waals surface area contributed by atoms with Gasteiger partial charge in [-0.15, -0.1) is 0 Å². The van der Waals surface area contributed by atoms with Crippen LogP contribution in [0.25, 0.3) is 22.2 Å². The van der Waals surface area contributed by atoms with Gasteiger partial charge in [0.2, 0.25) is 16.4 Å². The number of amides is 2. The van der Waals surface area contributed by atoms with E-state index in [0.29, 0.717) is 24.2 Å². The Morgan fingerprint density at radius 1 is 1.08 bits per heavy atom. The van der Waals surface area contributed by atoms with E-state index >= 15 is 0 Å². The molecule has 0 atom stereocenters. The van der Waals surface area contributed by atoms with E-state index in [-0.39, 0.29) is 5.75 Å². The summed E-state index contributed by atoms with van der Waals surface area (Å²) < 4.78 is 31.9. The van der Waals surface area contributed by atoms with Crippen LogP contribution in [0.1, 0.15) is 31.2 Å². The number of unbranched alkanes of at least 4 members (excludes halogenated alkanes) is 1. The van der Waals surface area contributed by atoms with Crippen molar-refractivity contribution < 1.29 is 22.7 Å². The highest BCUT2D eigenvalue weighted by molar-refractivity contribution is 7.89. The SMILES string of the molecule is CCCCc1nc2cc(NC=O)ccc2n1Cc1ccc(-c2ccccc2OC(=O)NS(C)(=O)=O)cc1. The molecule has 3 aromatic carbocycles. The average Bonchev–Trinajstić information content (AvgIpc) is 3.19. The Hall–Kier alpha value is -4.18. The number of ether oxygens (including phenoxy) is 1. The summed E-state index contributed by atoms with van der Waals surface area (Å²) in [6.07, 6.45) is 3.39. The van der Waals surface area contributed by atoms with E-state index < -0.39 is 16.1 Å². The van der Waals surface area contributed by atoms with Crippen LogP contribution in [0.2, 0.25) is 0 Å². The highest BCUT2D eigenvalue weighted by atomic mass is 32.2. The smallest absolute Gasteiger partial charge is 0.409 e. The van der Waals surface area contributed by atoms with Crippen LogP contribution in [0.3, 0.4) is 0 Å². The molecule has 10 heteroatoms. The summed E-state index contributed by atoms with van der Waals surface area (Å²) >= 11 is 0. The van der Waals surface area contributed by atoms with Crippen molar-refractivity contribution in [2.45, 2.75) is 32.7 Å². The molecule has 1 aromatic heterocycles. The summed E-state index contributed by atoms with van der Waals surface area (Å²) in [6.45, 7) is 2.76. The summed E-state index contributed by atoms with van der Waals surface area (Å²) in [6, 6.07) is 20.5. The standard InChI is InChI=1S/C27H28N4O5S/c1-3-4-9-26-29-23-16-21(28-18-32)14-15-24(23)31(26)17-19-10-12-20(13-11-19)22-7-5-6-8-25(22)36-27(33)30-37(2,34)35/h5-8,10-16,18H,3-4,9,17H2,1-2H3,(H,28,32)(H,30,33). The molecule has 37 heavy (non-hydrogen) atoms. The van der Waals surface area contributed by atoms with Crippen molar-refractivity contribution >= 4 is 39.2 Å². The quantitative estimate of drug-likeness (QED) is 0.292.